The number of rotatable bonds is 8. The summed E-state index contributed by atoms with van der Waals surface area (Å²) in [6.45, 7) is 7.60. The molecule has 2 aromatic carbocycles. The first kappa shape index (κ1) is 26.2. The number of carbonyl (C=O) groups is 3. The summed E-state index contributed by atoms with van der Waals surface area (Å²) < 4.78 is 6.48. The zero-order chi connectivity index (χ0) is 27.0. The molecule has 1 aromatic heterocycles. The molecule has 0 N–H and O–H groups in total. The predicted molar refractivity (Wildman–Crippen MR) is 149 cm³/mol. The van der Waals surface area contributed by atoms with Gasteiger partial charge in [-0.05, 0) is 50.6 Å². The Morgan fingerprint density at radius 2 is 1.63 bits per heavy atom. The van der Waals surface area contributed by atoms with Crippen LogP contribution in [0.15, 0.2) is 64.4 Å². The van der Waals surface area contributed by atoms with Gasteiger partial charge in [0.1, 0.15) is 11.8 Å². The van der Waals surface area contributed by atoms with Crippen LogP contribution in [0.3, 0.4) is 0 Å². The van der Waals surface area contributed by atoms with Gasteiger partial charge in [0, 0.05) is 29.6 Å². The first-order valence-corrected chi connectivity index (χ1v) is 14.4. The van der Waals surface area contributed by atoms with Crippen LogP contribution < -0.4 is 14.7 Å². The molecule has 0 saturated carbocycles. The second-order valence-corrected chi connectivity index (χ2v) is 11.2. The Labute approximate surface area is 229 Å². The lowest BCUT2D eigenvalue weighted by Gasteiger charge is -2.31. The quantitative estimate of drug-likeness (QED) is 0.307. The van der Waals surface area contributed by atoms with Crippen molar-refractivity contribution >= 4 is 52.3 Å². The fourth-order valence-corrected chi connectivity index (χ4v) is 8.04. The highest BCUT2D eigenvalue weighted by atomic mass is 32.2. The van der Waals surface area contributed by atoms with Crippen LogP contribution in [0, 0.1) is 5.92 Å². The average Bonchev–Trinajstić information content (AvgIpc) is 3.36. The minimum atomic E-state index is -0.717. The summed E-state index contributed by atoms with van der Waals surface area (Å²) >= 11 is 2.24. The first-order chi connectivity index (χ1) is 18.4. The molecule has 38 heavy (non-hydrogen) atoms. The molecule has 0 spiro atoms. The van der Waals surface area contributed by atoms with Crippen LogP contribution in [-0.2, 0) is 25.7 Å². The summed E-state index contributed by atoms with van der Waals surface area (Å²) in [5, 5.41) is -0.159. The Balaban J connectivity index is 1.62. The van der Waals surface area contributed by atoms with E-state index in [1.165, 1.54) is 21.2 Å². The number of imide groups is 1. The van der Waals surface area contributed by atoms with Crippen LogP contribution in [-0.4, -0.2) is 47.3 Å². The van der Waals surface area contributed by atoms with Crippen LogP contribution in [0.4, 0.5) is 11.4 Å². The number of amides is 2. The third-order valence-electron chi connectivity index (χ3n) is 7.04. The summed E-state index contributed by atoms with van der Waals surface area (Å²) in [5.74, 6) is -2.27. The number of para-hydroxylation sites is 1. The monoisotopic (exact) mass is 551 g/mol. The lowest BCUT2D eigenvalue weighted by molar-refractivity contribution is -0.144. The number of esters is 1. The van der Waals surface area contributed by atoms with Gasteiger partial charge >= 0.3 is 10.8 Å². The maximum Gasteiger partial charge on any atom is 0.326 e. The van der Waals surface area contributed by atoms with Crippen molar-refractivity contribution in [3.63, 3.8) is 0 Å². The summed E-state index contributed by atoms with van der Waals surface area (Å²) in [5.41, 5.74) is 2.45. The summed E-state index contributed by atoms with van der Waals surface area (Å²) in [6, 6.07) is 16.9. The van der Waals surface area contributed by atoms with Crippen LogP contribution >= 0.6 is 23.1 Å². The molecule has 3 unspecified atom stereocenters. The van der Waals surface area contributed by atoms with E-state index < -0.39 is 23.1 Å². The van der Waals surface area contributed by atoms with Gasteiger partial charge in [0.2, 0.25) is 11.8 Å². The first-order valence-electron chi connectivity index (χ1n) is 12.7. The Hall–Kier alpha value is -3.37. The van der Waals surface area contributed by atoms with Gasteiger partial charge < -0.3 is 9.64 Å². The Morgan fingerprint density at radius 1 is 0.947 bits per heavy atom. The molecular weight excluding hydrogens is 522 g/mol. The van der Waals surface area contributed by atoms with Crippen LogP contribution in [0.5, 0.6) is 0 Å². The second-order valence-electron chi connectivity index (χ2n) is 9.08. The Morgan fingerprint density at radius 3 is 2.26 bits per heavy atom. The number of fused-ring (bicyclic) bond motifs is 2. The molecule has 5 rings (SSSR count). The Bertz CT molecular complexity index is 1410. The van der Waals surface area contributed by atoms with E-state index in [1.54, 1.807) is 31.2 Å². The van der Waals surface area contributed by atoms with Crippen LogP contribution in [0.2, 0.25) is 0 Å². The molecule has 10 heteroatoms. The number of hydrogen-bond acceptors (Lipinski definition) is 8. The van der Waals surface area contributed by atoms with Crippen molar-refractivity contribution in [3.8, 4) is 0 Å². The van der Waals surface area contributed by atoms with E-state index in [9.17, 15) is 19.2 Å². The van der Waals surface area contributed by atoms with Gasteiger partial charge in [-0.3, -0.25) is 23.7 Å². The predicted octanol–water partition coefficient (Wildman–Crippen LogP) is 4.11. The van der Waals surface area contributed by atoms with Crippen molar-refractivity contribution in [2.75, 3.05) is 29.5 Å². The van der Waals surface area contributed by atoms with Crippen molar-refractivity contribution in [1.82, 2.24) is 4.57 Å². The smallest absolute Gasteiger partial charge is 0.326 e. The lowest BCUT2D eigenvalue weighted by Crippen LogP contribution is -2.32. The summed E-state index contributed by atoms with van der Waals surface area (Å²) in [7, 11) is 0. The molecule has 0 bridgehead atoms. The minimum absolute atomic E-state index is 0.207. The maximum absolute atomic E-state index is 13.9. The molecule has 8 nitrogen and oxygen atoms in total. The fraction of sp³-hybridized carbons (Fsp3) is 0.357. The lowest BCUT2D eigenvalue weighted by atomic mass is 9.83. The fourth-order valence-electron chi connectivity index (χ4n) is 5.26. The Kier molecular flexibility index (Phi) is 7.45. The third-order valence-corrected chi connectivity index (χ3v) is 9.64. The molecule has 2 aliphatic heterocycles. The molecule has 2 amide bonds. The van der Waals surface area contributed by atoms with E-state index in [-0.39, 0.29) is 29.8 Å². The van der Waals surface area contributed by atoms with E-state index in [0.717, 1.165) is 35.7 Å². The maximum atomic E-state index is 13.9. The zero-order valence-corrected chi connectivity index (χ0v) is 23.1. The highest BCUT2D eigenvalue weighted by Crippen LogP contribution is 2.54. The number of carbonyl (C=O) groups excluding carboxylic acids is 3. The molecule has 3 atom stereocenters. The average molecular weight is 552 g/mol. The molecule has 1 saturated heterocycles. The standard InChI is InChI=1S/C28H29N3O5S2/c1-4-29(5-2)18-14-12-17(13-15-18)21-22-23(26(34)31(25(22)33)19-10-8-7-9-11-19)37-27-24(21)38-28(35)30(27)16-20(32)36-6-3/h7-15,21-23H,4-6,16H2,1-3H3. The van der Waals surface area contributed by atoms with E-state index in [4.69, 9.17) is 4.74 Å². The second kappa shape index (κ2) is 10.8. The highest BCUT2D eigenvalue weighted by Gasteiger charge is 2.56. The molecule has 0 aliphatic carbocycles. The largest absolute Gasteiger partial charge is 0.465 e. The normalized spacial score (nSPS) is 20.3. The number of hydrogen-bond donors (Lipinski definition) is 0. The van der Waals surface area contributed by atoms with Crippen molar-refractivity contribution in [2.45, 2.75) is 43.5 Å². The number of aromatic nitrogens is 1. The highest BCUT2D eigenvalue weighted by molar-refractivity contribution is 8.00. The summed E-state index contributed by atoms with van der Waals surface area (Å²) in [4.78, 5) is 56.9. The van der Waals surface area contributed by atoms with Gasteiger partial charge in [-0.1, -0.05) is 53.4 Å². The third kappa shape index (κ3) is 4.45. The minimum Gasteiger partial charge on any atom is -0.465 e. The van der Waals surface area contributed by atoms with Gasteiger partial charge in [0.25, 0.3) is 0 Å². The van der Waals surface area contributed by atoms with E-state index >= 15 is 0 Å². The molecule has 0 radical (unpaired) electrons. The number of thioether (sulfide) groups is 1. The van der Waals surface area contributed by atoms with Gasteiger partial charge in [-0.2, -0.15) is 0 Å². The molecular formula is C28H29N3O5S2. The van der Waals surface area contributed by atoms with Gasteiger partial charge in [0.05, 0.1) is 23.2 Å². The number of benzene rings is 2. The van der Waals surface area contributed by atoms with Gasteiger partial charge in [-0.25, -0.2) is 4.90 Å². The molecule has 3 aromatic rings. The number of anilines is 2. The van der Waals surface area contributed by atoms with Crippen molar-refractivity contribution in [2.24, 2.45) is 5.92 Å². The van der Waals surface area contributed by atoms with E-state index in [2.05, 4.69) is 18.7 Å². The van der Waals surface area contributed by atoms with Crippen LogP contribution in [0.1, 0.15) is 37.1 Å². The SMILES string of the molecule is CCOC(=O)Cn1c2c(sc1=O)C(c1ccc(N(CC)CC)cc1)C1C(=O)N(c3ccccc3)C(=O)C1S2. The van der Waals surface area contributed by atoms with Crippen LogP contribution in [0.25, 0.3) is 0 Å². The summed E-state index contributed by atoms with van der Waals surface area (Å²) in [6.07, 6.45) is 0. The number of thiazole rings is 1. The van der Waals surface area contributed by atoms with E-state index in [1.807, 2.05) is 30.3 Å². The number of ether oxygens (including phenoxy) is 1. The molecule has 198 valence electrons. The van der Waals surface area contributed by atoms with Crippen molar-refractivity contribution in [1.29, 1.82) is 0 Å². The van der Waals surface area contributed by atoms with E-state index in [0.29, 0.717) is 15.6 Å². The zero-order valence-electron chi connectivity index (χ0n) is 21.5. The number of nitrogens with zero attached hydrogens (tertiary/aromatic N) is 3. The van der Waals surface area contributed by atoms with Gasteiger partial charge in [-0.15, -0.1) is 0 Å². The molecule has 3 heterocycles. The topological polar surface area (TPSA) is 88.9 Å². The molecule has 2 aliphatic rings. The van der Waals surface area contributed by atoms with Crippen molar-refractivity contribution in [3.05, 3.63) is 74.7 Å². The van der Waals surface area contributed by atoms with Gasteiger partial charge in [0.15, 0.2) is 0 Å². The van der Waals surface area contributed by atoms with Crippen molar-refractivity contribution < 1.29 is 19.1 Å². The molecule has 1 fully saturated rings.